The molecule has 0 spiro atoms. The second kappa shape index (κ2) is 5.73. The van der Waals surface area contributed by atoms with Gasteiger partial charge in [0, 0.05) is 18.7 Å². The fourth-order valence-corrected chi connectivity index (χ4v) is 2.13. The van der Waals surface area contributed by atoms with E-state index in [1.54, 1.807) is 12.1 Å². The van der Waals surface area contributed by atoms with Crippen molar-refractivity contribution in [2.75, 3.05) is 7.05 Å². The van der Waals surface area contributed by atoms with Gasteiger partial charge in [0.2, 0.25) is 5.91 Å². The Morgan fingerprint density at radius 1 is 1.42 bits per heavy atom. The van der Waals surface area contributed by atoms with E-state index in [0.717, 1.165) is 18.4 Å². The zero-order valence-electron chi connectivity index (χ0n) is 11.0. The van der Waals surface area contributed by atoms with Crippen LogP contribution >= 0.6 is 0 Å². The highest BCUT2D eigenvalue weighted by Gasteiger charge is 2.25. The molecule has 2 rings (SSSR count). The summed E-state index contributed by atoms with van der Waals surface area (Å²) < 4.78 is 0. The zero-order chi connectivity index (χ0) is 13.8. The van der Waals surface area contributed by atoms with Gasteiger partial charge in [-0.1, -0.05) is 29.4 Å². The highest BCUT2D eigenvalue weighted by Crippen LogP contribution is 2.24. The molecule has 1 aliphatic carbocycles. The molecule has 0 atom stereocenters. The largest absolute Gasteiger partial charge is 0.409 e. The van der Waals surface area contributed by atoms with Crippen molar-refractivity contribution in [3.8, 4) is 0 Å². The van der Waals surface area contributed by atoms with Gasteiger partial charge in [-0.15, -0.1) is 0 Å². The average molecular weight is 261 g/mol. The van der Waals surface area contributed by atoms with Crippen LogP contribution in [-0.2, 0) is 11.2 Å². The number of carbonyl (C=O) groups is 1. The summed E-state index contributed by atoms with van der Waals surface area (Å²) in [6, 6.07) is 7.59. The quantitative estimate of drug-likeness (QED) is 0.371. The van der Waals surface area contributed by atoms with Gasteiger partial charge in [0.05, 0.1) is 6.42 Å². The lowest BCUT2D eigenvalue weighted by Crippen LogP contribution is -2.42. The summed E-state index contributed by atoms with van der Waals surface area (Å²) in [6.07, 6.45) is 3.84. The number of carbonyl (C=O) groups excluding carboxylic acids is 1. The van der Waals surface area contributed by atoms with Gasteiger partial charge in [-0.2, -0.15) is 0 Å². The van der Waals surface area contributed by atoms with Crippen molar-refractivity contribution in [2.24, 2.45) is 10.9 Å². The maximum Gasteiger partial charge on any atom is 0.226 e. The topological polar surface area (TPSA) is 78.9 Å². The molecule has 5 heteroatoms. The molecule has 0 radical (unpaired) electrons. The van der Waals surface area contributed by atoms with Gasteiger partial charge in [-0.3, -0.25) is 4.79 Å². The molecule has 5 nitrogen and oxygen atoms in total. The highest BCUT2D eigenvalue weighted by atomic mass is 16.4. The van der Waals surface area contributed by atoms with E-state index in [-0.39, 0.29) is 11.7 Å². The Labute approximate surface area is 112 Å². The number of rotatable bonds is 4. The Balaban J connectivity index is 1.97. The van der Waals surface area contributed by atoms with Crippen LogP contribution in [0.1, 0.15) is 30.4 Å². The Hall–Kier alpha value is -2.04. The van der Waals surface area contributed by atoms with E-state index >= 15 is 0 Å². The number of nitrogens with two attached hydrogens (primary N) is 1. The predicted octanol–water partition coefficient (Wildman–Crippen LogP) is 1.33. The number of hydrogen-bond acceptors (Lipinski definition) is 3. The van der Waals surface area contributed by atoms with Crippen LogP contribution in [0, 0.1) is 0 Å². The molecule has 0 bridgehead atoms. The summed E-state index contributed by atoms with van der Waals surface area (Å²) in [5, 5.41) is 11.5. The molecular formula is C14H19N3O2. The summed E-state index contributed by atoms with van der Waals surface area (Å²) in [4.78, 5) is 13.9. The first kappa shape index (κ1) is 13.4. The average Bonchev–Trinajstić information content (AvgIpc) is 2.36. The molecule has 0 aliphatic heterocycles. The van der Waals surface area contributed by atoms with Gasteiger partial charge in [0.15, 0.2) is 5.84 Å². The van der Waals surface area contributed by atoms with Gasteiger partial charge in [-0.25, -0.2) is 0 Å². The summed E-state index contributed by atoms with van der Waals surface area (Å²) >= 11 is 0. The predicted molar refractivity (Wildman–Crippen MR) is 73.1 cm³/mol. The minimum Gasteiger partial charge on any atom is -0.409 e. The van der Waals surface area contributed by atoms with E-state index in [9.17, 15) is 4.79 Å². The monoisotopic (exact) mass is 261 g/mol. The molecule has 1 aromatic rings. The number of hydrogen-bond donors (Lipinski definition) is 2. The first-order valence-electron chi connectivity index (χ1n) is 6.44. The SMILES string of the molecule is CN(C(=O)Cc1ccc(/C(N)=N/O)cc1)C1CCC1. The van der Waals surface area contributed by atoms with E-state index in [4.69, 9.17) is 10.9 Å². The Bertz CT molecular complexity index is 478. The number of nitrogens with zero attached hydrogens (tertiary/aromatic N) is 2. The minimum atomic E-state index is 0.0736. The molecule has 0 saturated heterocycles. The zero-order valence-corrected chi connectivity index (χ0v) is 11.0. The van der Waals surface area contributed by atoms with Crippen LogP contribution in [0.4, 0.5) is 0 Å². The van der Waals surface area contributed by atoms with Crippen molar-refractivity contribution in [1.29, 1.82) is 0 Å². The van der Waals surface area contributed by atoms with Crippen molar-refractivity contribution < 1.29 is 10.0 Å². The maximum atomic E-state index is 12.1. The molecule has 1 aromatic carbocycles. The van der Waals surface area contributed by atoms with E-state index in [0.29, 0.717) is 18.0 Å². The third-order valence-corrected chi connectivity index (χ3v) is 3.73. The fourth-order valence-electron chi connectivity index (χ4n) is 2.13. The molecule has 102 valence electrons. The Kier molecular flexibility index (Phi) is 4.04. The third kappa shape index (κ3) is 3.05. The molecule has 1 fully saturated rings. The summed E-state index contributed by atoms with van der Waals surface area (Å²) in [5.74, 6) is 0.214. The van der Waals surface area contributed by atoms with Crippen molar-refractivity contribution >= 4 is 11.7 Å². The lowest BCUT2D eigenvalue weighted by molar-refractivity contribution is -0.132. The number of amides is 1. The van der Waals surface area contributed by atoms with E-state index in [1.807, 2.05) is 24.1 Å². The fraction of sp³-hybridized carbons (Fsp3) is 0.429. The lowest BCUT2D eigenvalue weighted by atomic mass is 9.91. The van der Waals surface area contributed by atoms with E-state index in [1.165, 1.54) is 6.42 Å². The van der Waals surface area contributed by atoms with Crippen molar-refractivity contribution in [1.82, 2.24) is 4.90 Å². The van der Waals surface area contributed by atoms with Gasteiger partial charge in [-0.05, 0) is 24.8 Å². The van der Waals surface area contributed by atoms with Crippen LogP contribution in [0.5, 0.6) is 0 Å². The molecule has 1 amide bonds. The Morgan fingerprint density at radius 3 is 2.53 bits per heavy atom. The Morgan fingerprint density at radius 2 is 2.05 bits per heavy atom. The van der Waals surface area contributed by atoms with Gasteiger partial charge in [0.25, 0.3) is 0 Å². The highest BCUT2D eigenvalue weighted by molar-refractivity contribution is 5.97. The van der Waals surface area contributed by atoms with E-state index < -0.39 is 0 Å². The van der Waals surface area contributed by atoms with Crippen molar-refractivity contribution in [3.05, 3.63) is 35.4 Å². The second-order valence-corrected chi connectivity index (χ2v) is 4.95. The van der Waals surface area contributed by atoms with Crippen LogP contribution in [0.3, 0.4) is 0 Å². The number of oxime groups is 1. The lowest BCUT2D eigenvalue weighted by Gasteiger charge is -2.34. The van der Waals surface area contributed by atoms with Crippen LogP contribution in [0.2, 0.25) is 0 Å². The molecule has 3 N–H and O–H groups in total. The van der Waals surface area contributed by atoms with Gasteiger partial charge >= 0.3 is 0 Å². The van der Waals surface area contributed by atoms with Crippen molar-refractivity contribution in [2.45, 2.75) is 31.7 Å². The van der Waals surface area contributed by atoms with Crippen LogP contribution in [0.25, 0.3) is 0 Å². The maximum absolute atomic E-state index is 12.1. The molecular weight excluding hydrogens is 242 g/mol. The normalized spacial score (nSPS) is 15.9. The third-order valence-electron chi connectivity index (χ3n) is 3.73. The van der Waals surface area contributed by atoms with Crippen LogP contribution in [-0.4, -0.2) is 34.9 Å². The number of amidine groups is 1. The molecule has 0 unspecified atom stereocenters. The number of benzene rings is 1. The smallest absolute Gasteiger partial charge is 0.226 e. The van der Waals surface area contributed by atoms with Gasteiger partial charge in [0.1, 0.15) is 0 Å². The second-order valence-electron chi connectivity index (χ2n) is 4.95. The summed E-state index contributed by atoms with van der Waals surface area (Å²) in [7, 11) is 1.87. The van der Waals surface area contributed by atoms with Crippen molar-refractivity contribution in [3.63, 3.8) is 0 Å². The summed E-state index contributed by atoms with van der Waals surface area (Å²) in [5.41, 5.74) is 7.06. The molecule has 0 heterocycles. The van der Waals surface area contributed by atoms with E-state index in [2.05, 4.69) is 5.16 Å². The standard InChI is InChI=1S/C14H19N3O2/c1-17(12-3-2-4-12)13(18)9-10-5-7-11(8-6-10)14(15)16-19/h5-8,12,19H,2-4,9H2,1H3,(H2,15,16). The number of likely N-dealkylation sites (N-methyl/N-ethyl adjacent to an activating group) is 1. The first-order valence-corrected chi connectivity index (χ1v) is 6.44. The molecule has 19 heavy (non-hydrogen) atoms. The first-order chi connectivity index (χ1) is 9.11. The van der Waals surface area contributed by atoms with Crippen LogP contribution < -0.4 is 5.73 Å². The minimum absolute atomic E-state index is 0.0736. The van der Waals surface area contributed by atoms with Crippen LogP contribution in [0.15, 0.2) is 29.4 Å². The van der Waals surface area contributed by atoms with Gasteiger partial charge < -0.3 is 15.8 Å². The summed E-state index contributed by atoms with van der Waals surface area (Å²) in [6.45, 7) is 0. The molecule has 0 aromatic heterocycles. The molecule has 1 aliphatic rings. The molecule has 1 saturated carbocycles.